The van der Waals surface area contributed by atoms with Gasteiger partial charge in [0.2, 0.25) is 10.0 Å². The lowest BCUT2D eigenvalue weighted by atomic mass is 9.99. The highest BCUT2D eigenvalue weighted by atomic mass is 32.2. The standard InChI is InChI=1S/C20H16F3N3O3S/c21-20(22,23)14-5-3-13(4-6-14)18-12-17(19-2-1-11-29-19)25-26(18)15-7-9-16(10-8-15)30(24,27)28/h1-11,18H,12H2,(H2,24,27,28). The Morgan fingerprint density at radius 3 is 2.23 bits per heavy atom. The summed E-state index contributed by atoms with van der Waals surface area (Å²) in [6.45, 7) is 0. The molecule has 4 rings (SSSR count). The van der Waals surface area contributed by atoms with Gasteiger partial charge in [-0.15, -0.1) is 0 Å². The first-order valence-corrected chi connectivity index (χ1v) is 10.4. The number of alkyl halides is 3. The van der Waals surface area contributed by atoms with Crippen LogP contribution in [-0.4, -0.2) is 14.1 Å². The van der Waals surface area contributed by atoms with Crippen LogP contribution in [0.1, 0.15) is 29.3 Å². The summed E-state index contributed by atoms with van der Waals surface area (Å²) in [4.78, 5) is -0.0493. The predicted octanol–water partition coefficient (Wildman–Crippen LogP) is 4.30. The fourth-order valence-corrected chi connectivity index (χ4v) is 3.80. The summed E-state index contributed by atoms with van der Waals surface area (Å²) >= 11 is 0. The van der Waals surface area contributed by atoms with E-state index in [-0.39, 0.29) is 4.90 Å². The third kappa shape index (κ3) is 3.96. The molecule has 156 valence electrons. The third-order valence-electron chi connectivity index (χ3n) is 4.77. The fraction of sp³-hybridized carbons (Fsp3) is 0.150. The van der Waals surface area contributed by atoms with E-state index in [1.54, 1.807) is 29.3 Å². The molecule has 0 bridgehead atoms. The van der Waals surface area contributed by atoms with Crippen molar-refractivity contribution in [2.24, 2.45) is 10.2 Å². The zero-order valence-corrected chi connectivity index (χ0v) is 16.2. The Bertz CT molecular complexity index is 1170. The van der Waals surface area contributed by atoms with Crippen LogP contribution in [0.15, 0.2) is 81.3 Å². The van der Waals surface area contributed by atoms with Crippen molar-refractivity contribution in [2.45, 2.75) is 23.5 Å². The lowest BCUT2D eigenvalue weighted by Crippen LogP contribution is -2.19. The van der Waals surface area contributed by atoms with Gasteiger partial charge >= 0.3 is 6.18 Å². The molecule has 2 aromatic carbocycles. The Morgan fingerprint density at radius 2 is 1.70 bits per heavy atom. The van der Waals surface area contributed by atoms with Gasteiger partial charge < -0.3 is 4.42 Å². The van der Waals surface area contributed by atoms with E-state index >= 15 is 0 Å². The smallest absolute Gasteiger partial charge is 0.416 e. The molecule has 1 unspecified atom stereocenters. The average molecular weight is 435 g/mol. The molecule has 6 nitrogen and oxygen atoms in total. The summed E-state index contributed by atoms with van der Waals surface area (Å²) in [5.74, 6) is 0.551. The molecular formula is C20H16F3N3O3S. The molecule has 0 saturated carbocycles. The predicted molar refractivity (Wildman–Crippen MR) is 104 cm³/mol. The van der Waals surface area contributed by atoms with E-state index in [4.69, 9.17) is 9.56 Å². The zero-order chi connectivity index (χ0) is 21.5. The number of anilines is 1. The molecule has 1 aromatic heterocycles. The summed E-state index contributed by atoms with van der Waals surface area (Å²) in [6, 6.07) is 13.8. The van der Waals surface area contributed by atoms with Gasteiger partial charge in [0.15, 0.2) is 0 Å². The summed E-state index contributed by atoms with van der Waals surface area (Å²) in [5.41, 5.74) is 1.08. The number of furan rings is 1. The molecule has 10 heteroatoms. The molecule has 1 atom stereocenters. The van der Waals surface area contributed by atoms with Crippen LogP contribution in [0.25, 0.3) is 0 Å². The lowest BCUT2D eigenvalue weighted by molar-refractivity contribution is -0.137. The second kappa shape index (κ2) is 7.29. The number of hydrogen-bond donors (Lipinski definition) is 1. The normalized spacial score (nSPS) is 17.3. The molecule has 0 aliphatic carbocycles. The Kier molecular flexibility index (Phi) is 4.91. The molecule has 1 aliphatic rings. The highest BCUT2D eigenvalue weighted by molar-refractivity contribution is 7.89. The minimum absolute atomic E-state index is 0.0493. The van der Waals surface area contributed by atoms with Gasteiger partial charge in [-0.25, -0.2) is 13.6 Å². The monoisotopic (exact) mass is 435 g/mol. The van der Waals surface area contributed by atoms with Crippen LogP contribution in [0, 0.1) is 0 Å². The Balaban J connectivity index is 1.71. The number of hydrogen-bond acceptors (Lipinski definition) is 5. The van der Waals surface area contributed by atoms with Gasteiger partial charge in [-0.1, -0.05) is 12.1 Å². The van der Waals surface area contributed by atoms with Crippen LogP contribution in [0.2, 0.25) is 0 Å². The fourth-order valence-electron chi connectivity index (χ4n) is 3.28. The molecule has 1 aliphatic heterocycles. The van der Waals surface area contributed by atoms with Crippen molar-refractivity contribution in [2.75, 3.05) is 5.01 Å². The van der Waals surface area contributed by atoms with Crippen LogP contribution in [0.3, 0.4) is 0 Å². The van der Waals surface area contributed by atoms with Crippen LogP contribution in [-0.2, 0) is 16.2 Å². The maximum atomic E-state index is 12.9. The van der Waals surface area contributed by atoms with E-state index in [2.05, 4.69) is 5.10 Å². The van der Waals surface area contributed by atoms with Crippen LogP contribution >= 0.6 is 0 Å². The second-order valence-corrected chi connectivity index (χ2v) is 8.31. The molecule has 0 amide bonds. The van der Waals surface area contributed by atoms with E-state index in [1.807, 2.05) is 0 Å². The quantitative estimate of drug-likeness (QED) is 0.662. The third-order valence-corrected chi connectivity index (χ3v) is 5.70. The zero-order valence-electron chi connectivity index (χ0n) is 15.4. The van der Waals surface area contributed by atoms with E-state index < -0.39 is 27.8 Å². The number of rotatable bonds is 4. The minimum Gasteiger partial charge on any atom is -0.463 e. The topological polar surface area (TPSA) is 88.9 Å². The number of benzene rings is 2. The van der Waals surface area contributed by atoms with Crippen molar-refractivity contribution < 1.29 is 26.0 Å². The molecule has 0 spiro atoms. The number of nitrogens with zero attached hydrogens (tertiary/aromatic N) is 2. The maximum absolute atomic E-state index is 12.9. The second-order valence-electron chi connectivity index (χ2n) is 6.75. The molecule has 2 N–H and O–H groups in total. The molecular weight excluding hydrogens is 419 g/mol. The summed E-state index contributed by atoms with van der Waals surface area (Å²) in [7, 11) is -3.85. The Labute approximate surface area is 170 Å². The number of sulfonamides is 1. The average Bonchev–Trinajstić information content (AvgIpc) is 3.37. The van der Waals surface area contributed by atoms with Gasteiger partial charge in [-0.05, 0) is 54.1 Å². The molecule has 3 aromatic rings. The molecule has 30 heavy (non-hydrogen) atoms. The largest absolute Gasteiger partial charge is 0.463 e. The number of hydrazone groups is 1. The van der Waals surface area contributed by atoms with Crippen molar-refractivity contribution in [1.29, 1.82) is 0 Å². The summed E-state index contributed by atoms with van der Waals surface area (Å²) in [6.07, 6.45) is -2.52. The lowest BCUT2D eigenvalue weighted by Gasteiger charge is -2.24. The van der Waals surface area contributed by atoms with E-state index in [0.29, 0.717) is 29.1 Å². The first-order valence-electron chi connectivity index (χ1n) is 8.83. The highest BCUT2D eigenvalue weighted by Crippen LogP contribution is 2.38. The van der Waals surface area contributed by atoms with Crippen molar-refractivity contribution in [1.82, 2.24) is 0 Å². The van der Waals surface area contributed by atoms with Gasteiger partial charge in [0.05, 0.1) is 28.5 Å². The van der Waals surface area contributed by atoms with Gasteiger partial charge in [0.25, 0.3) is 0 Å². The first-order chi connectivity index (χ1) is 14.1. The SMILES string of the molecule is NS(=O)(=O)c1ccc(N2N=C(c3ccco3)CC2c2ccc(C(F)(F)F)cc2)cc1. The van der Waals surface area contributed by atoms with E-state index in [1.165, 1.54) is 30.5 Å². The number of nitrogens with two attached hydrogens (primary N) is 1. The molecule has 0 fully saturated rings. The van der Waals surface area contributed by atoms with E-state index in [9.17, 15) is 21.6 Å². The summed E-state index contributed by atoms with van der Waals surface area (Å²) < 4.78 is 67.2. The van der Waals surface area contributed by atoms with Crippen LogP contribution in [0.4, 0.5) is 18.9 Å². The Morgan fingerprint density at radius 1 is 1.03 bits per heavy atom. The molecule has 2 heterocycles. The van der Waals surface area contributed by atoms with Gasteiger partial charge in [-0.2, -0.15) is 18.3 Å². The summed E-state index contributed by atoms with van der Waals surface area (Å²) in [5, 5.41) is 11.3. The van der Waals surface area contributed by atoms with Crippen molar-refractivity contribution in [3.63, 3.8) is 0 Å². The molecule has 0 radical (unpaired) electrons. The number of halogens is 3. The van der Waals surface area contributed by atoms with Gasteiger partial charge in [0, 0.05) is 6.42 Å². The number of primary sulfonamides is 1. The first kappa shape index (κ1) is 20.2. The van der Waals surface area contributed by atoms with Crippen molar-refractivity contribution in [3.8, 4) is 0 Å². The minimum atomic E-state index is -4.42. The van der Waals surface area contributed by atoms with Gasteiger partial charge in [0.1, 0.15) is 11.5 Å². The maximum Gasteiger partial charge on any atom is 0.416 e. The van der Waals surface area contributed by atoms with Crippen molar-refractivity contribution >= 4 is 21.4 Å². The van der Waals surface area contributed by atoms with Crippen molar-refractivity contribution in [3.05, 3.63) is 83.8 Å². The Hall–Kier alpha value is -3.11. The van der Waals surface area contributed by atoms with Crippen LogP contribution < -0.4 is 10.1 Å². The molecule has 0 saturated heterocycles. The highest BCUT2D eigenvalue weighted by Gasteiger charge is 2.33. The van der Waals surface area contributed by atoms with Gasteiger partial charge in [-0.3, -0.25) is 5.01 Å². The van der Waals surface area contributed by atoms with E-state index in [0.717, 1.165) is 12.1 Å². The van der Waals surface area contributed by atoms with Crippen LogP contribution in [0.5, 0.6) is 0 Å².